The predicted octanol–water partition coefficient (Wildman–Crippen LogP) is 1.27. The molecule has 8 nitrogen and oxygen atoms in total. The van der Waals surface area contributed by atoms with E-state index in [-0.39, 0.29) is 12.1 Å². The van der Waals surface area contributed by atoms with Gasteiger partial charge in [0.2, 0.25) is 0 Å². The second-order valence-corrected chi connectivity index (χ2v) is 4.56. The van der Waals surface area contributed by atoms with E-state index >= 15 is 0 Å². The van der Waals surface area contributed by atoms with Gasteiger partial charge in [0, 0.05) is 37.0 Å². The van der Waals surface area contributed by atoms with Crippen LogP contribution in [0, 0.1) is 17.0 Å². The van der Waals surface area contributed by atoms with Gasteiger partial charge in [-0.25, -0.2) is 0 Å². The van der Waals surface area contributed by atoms with Crippen LogP contribution in [0.5, 0.6) is 5.75 Å². The minimum absolute atomic E-state index is 0.152. The lowest BCUT2D eigenvalue weighted by atomic mass is 10.1. The van der Waals surface area contributed by atoms with Crippen LogP contribution in [-0.2, 0) is 13.6 Å². The summed E-state index contributed by atoms with van der Waals surface area (Å²) in [6.45, 7) is 2.12. The van der Waals surface area contributed by atoms with E-state index in [2.05, 4.69) is 10.4 Å². The third-order valence-electron chi connectivity index (χ3n) is 2.99. The number of carbonyl (C=O) groups is 1. The lowest BCUT2D eigenvalue weighted by Crippen LogP contribution is -2.22. The average Bonchev–Trinajstić information content (AvgIpc) is 2.73. The molecule has 0 saturated heterocycles. The molecule has 0 aliphatic rings. The average molecular weight is 290 g/mol. The first-order chi connectivity index (χ1) is 9.88. The summed E-state index contributed by atoms with van der Waals surface area (Å²) in [5.74, 6) is -0.964. The summed E-state index contributed by atoms with van der Waals surface area (Å²) in [4.78, 5) is 21.8. The van der Waals surface area contributed by atoms with Crippen molar-refractivity contribution in [2.24, 2.45) is 7.05 Å². The van der Waals surface area contributed by atoms with Gasteiger partial charge in [0.05, 0.1) is 10.6 Å². The van der Waals surface area contributed by atoms with Crippen molar-refractivity contribution in [3.63, 3.8) is 0 Å². The maximum absolute atomic E-state index is 12.0. The summed E-state index contributed by atoms with van der Waals surface area (Å²) in [6, 6.07) is 3.46. The number of hydrogen-bond donors (Lipinski definition) is 2. The quantitative estimate of drug-likeness (QED) is 0.650. The molecule has 2 rings (SSSR count). The van der Waals surface area contributed by atoms with Gasteiger partial charge in [-0.2, -0.15) is 5.10 Å². The van der Waals surface area contributed by atoms with Gasteiger partial charge in [0.1, 0.15) is 0 Å². The second kappa shape index (κ2) is 5.61. The molecule has 0 spiro atoms. The number of rotatable bonds is 4. The molecular weight excluding hydrogens is 276 g/mol. The van der Waals surface area contributed by atoms with Gasteiger partial charge >= 0.3 is 5.69 Å². The Morgan fingerprint density at radius 2 is 2.24 bits per heavy atom. The molecule has 0 saturated carbocycles. The van der Waals surface area contributed by atoms with Crippen LogP contribution < -0.4 is 5.32 Å². The molecule has 2 N–H and O–H groups in total. The molecule has 1 aromatic heterocycles. The van der Waals surface area contributed by atoms with E-state index in [1.54, 1.807) is 17.9 Å². The van der Waals surface area contributed by atoms with Crippen LogP contribution in [0.3, 0.4) is 0 Å². The van der Waals surface area contributed by atoms with Crippen molar-refractivity contribution in [3.8, 4) is 5.75 Å². The maximum Gasteiger partial charge on any atom is 0.310 e. The van der Waals surface area contributed by atoms with Crippen LogP contribution in [0.4, 0.5) is 5.69 Å². The van der Waals surface area contributed by atoms with E-state index in [9.17, 15) is 20.0 Å². The number of aromatic hydroxyl groups is 1. The Morgan fingerprint density at radius 1 is 1.52 bits per heavy atom. The zero-order valence-electron chi connectivity index (χ0n) is 11.5. The second-order valence-electron chi connectivity index (χ2n) is 4.56. The summed E-state index contributed by atoms with van der Waals surface area (Å²) in [5, 5.41) is 26.9. The Hall–Kier alpha value is -2.90. The van der Waals surface area contributed by atoms with Crippen molar-refractivity contribution in [1.82, 2.24) is 15.1 Å². The fourth-order valence-electron chi connectivity index (χ4n) is 1.92. The number of amides is 1. The molecule has 1 heterocycles. The van der Waals surface area contributed by atoms with Crippen LogP contribution in [0.2, 0.25) is 0 Å². The molecule has 0 aliphatic carbocycles. The third kappa shape index (κ3) is 3.16. The van der Waals surface area contributed by atoms with Crippen LogP contribution in [0.15, 0.2) is 24.4 Å². The van der Waals surface area contributed by atoms with Crippen LogP contribution in [-0.4, -0.2) is 25.7 Å². The molecule has 1 amide bonds. The molecule has 0 aliphatic heterocycles. The number of carbonyl (C=O) groups excluding carboxylic acids is 1. The van der Waals surface area contributed by atoms with Gasteiger partial charge in [-0.05, 0) is 19.1 Å². The Labute approximate surface area is 120 Å². The number of nitrogens with zero attached hydrogens (tertiary/aromatic N) is 3. The molecule has 2 aromatic rings. The number of phenols is 1. The topological polar surface area (TPSA) is 110 Å². The summed E-state index contributed by atoms with van der Waals surface area (Å²) in [6.07, 6.45) is 1.79. The molecule has 1 aromatic carbocycles. The van der Waals surface area contributed by atoms with Crippen molar-refractivity contribution in [2.45, 2.75) is 13.5 Å². The highest BCUT2D eigenvalue weighted by atomic mass is 16.6. The van der Waals surface area contributed by atoms with E-state index in [0.29, 0.717) is 0 Å². The van der Waals surface area contributed by atoms with Crippen molar-refractivity contribution in [3.05, 3.63) is 51.3 Å². The molecule has 0 unspecified atom stereocenters. The van der Waals surface area contributed by atoms with Gasteiger partial charge in [-0.1, -0.05) is 0 Å². The van der Waals surface area contributed by atoms with Crippen LogP contribution >= 0.6 is 0 Å². The Bertz CT molecular complexity index is 708. The maximum atomic E-state index is 12.0. The first-order valence-corrected chi connectivity index (χ1v) is 6.13. The minimum atomic E-state index is -0.712. The molecule has 0 bridgehead atoms. The van der Waals surface area contributed by atoms with E-state index in [4.69, 9.17) is 0 Å². The lowest BCUT2D eigenvalue weighted by Gasteiger charge is -2.05. The van der Waals surface area contributed by atoms with Gasteiger partial charge in [-0.15, -0.1) is 0 Å². The fraction of sp³-hybridized carbons (Fsp3) is 0.231. The Morgan fingerprint density at radius 3 is 2.76 bits per heavy atom. The van der Waals surface area contributed by atoms with Gasteiger partial charge in [0.15, 0.2) is 5.75 Å². The molecule has 8 heteroatoms. The Balaban J connectivity index is 2.09. The molecule has 110 valence electrons. The summed E-state index contributed by atoms with van der Waals surface area (Å²) >= 11 is 0. The first-order valence-electron chi connectivity index (χ1n) is 6.13. The predicted molar refractivity (Wildman–Crippen MR) is 73.9 cm³/mol. The third-order valence-corrected chi connectivity index (χ3v) is 2.99. The van der Waals surface area contributed by atoms with Crippen LogP contribution in [0.25, 0.3) is 0 Å². The number of aromatic nitrogens is 2. The van der Waals surface area contributed by atoms with Crippen molar-refractivity contribution in [2.75, 3.05) is 0 Å². The highest BCUT2D eigenvalue weighted by Gasteiger charge is 2.16. The van der Waals surface area contributed by atoms with Gasteiger partial charge in [-0.3, -0.25) is 19.6 Å². The van der Waals surface area contributed by atoms with Crippen molar-refractivity contribution in [1.29, 1.82) is 0 Å². The molecule has 21 heavy (non-hydrogen) atoms. The number of nitrogens with one attached hydrogen (secondary N) is 1. The van der Waals surface area contributed by atoms with E-state index in [1.165, 1.54) is 6.07 Å². The van der Waals surface area contributed by atoms with Gasteiger partial charge < -0.3 is 10.4 Å². The van der Waals surface area contributed by atoms with Crippen molar-refractivity contribution < 1.29 is 14.8 Å². The zero-order valence-corrected chi connectivity index (χ0v) is 11.5. The molecule has 0 radical (unpaired) electrons. The lowest BCUT2D eigenvalue weighted by molar-refractivity contribution is -0.385. The summed E-state index contributed by atoms with van der Waals surface area (Å²) in [7, 11) is 1.78. The normalized spacial score (nSPS) is 10.4. The number of nitro groups is 1. The van der Waals surface area contributed by atoms with Crippen molar-refractivity contribution >= 4 is 11.6 Å². The monoisotopic (exact) mass is 290 g/mol. The number of hydrogen-bond acceptors (Lipinski definition) is 5. The summed E-state index contributed by atoms with van der Waals surface area (Å²) < 4.78 is 1.65. The standard InChI is InChI=1S/C13H14N4O4/c1-8-10(7-16(2)15-8)6-14-13(19)9-3-4-11(17(20)21)12(18)5-9/h3-5,7,18H,6H2,1-2H3,(H,14,19). The van der Waals surface area contributed by atoms with Gasteiger partial charge in [0.25, 0.3) is 5.91 Å². The number of benzene rings is 1. The molecule has 0 fully saturated rings. The smallest absolute Gasteiger partial charge is 0.310 e. The van der Waals surface area contributed by atoms with E-state index in [1.807, 2.05) is 6.92 Å². The summed E-state index contributed by atoms with van der Waals surface area (Å²) in [5.41, 5.74) is 1.40. The number of nitro benzene ring substituents is 1. The molecule has 0 atom stereocenters. The highest BCUT2D eigenvalue weighted by molar-refractivity contribution is 5.95. The number of phenolic OH excluding ortho intramolecular Hbond substituents is 1. The SMILES string of the molecule is Cc1nn(C)cc1CNC(=O)c1ccc([N+](=O)[O-])c(O)c1. The largest absolute Gasteiger partial charge is 0.502 e. The first kappa shape index (κ1) is 14.5. The zero-order chi connectivity index (χ0) is 15.6. The number of aryl methyl sites for hydroxylation is 2. The Kier molecular flexibility index (Phi) is 3.88. The fourth-order valence-corrected chi connectivity index (χ4v) is 1.92. The van der Waals surface area contributed by atoms with E-state index in [0.717, 1.165) is 23.4 Å². The van der Waals surface area contributed by atoms with Crippen LogP contribution in [0.1, 0.15) is 21.6 Å². The minimum Gasteiger partial charge on any atom is -0.502 e. The van der Waals surface area contributed by atoms with E-state index < -0.39 is 22.3 Å². The highest BCUT2D eigenvalue weighted by Crippen LogP contribution is 2.26. The molecular formula is C13H14N4O4.